The molecule has 1 heterocycles. The summed E-state index contributed by atoms with van der Waals surface area (Å²) in [6, 6.07) is 7.26. The van der Waals surface area contributed by atoms with Crippen molar-refractivity contribution in [2.45, 2.75) is 17.4 Å². The molecule has 22 heavy (non-hydrogen) atoms. The van der Waals surface area contributed by atoms with E-state index in [1.54, 1.807) is 14.0 Å². The second-order valence-corrected chi connectivity index (χ2v) is 5.58. The molecule has 114 valence electrons. The monoisotopic (exact) mass is 317 g/mol. The molecular weight excluding hydrogens is 302 g/mol. The maximum atomic E-state index is 11.7. The van der Waals surface area contributed by atoms with Crippen LogP contribution >= 0.6 is 11.8 Å². The smallest absolute Gasteiger partial charge is 0.277 e. The largest absolute Gasteiger partial charge is 0.497 e. The Hall–Kier alpha value is -2.46. The number of aromatic nitrogens is 2. The van der Waals surface area contributed by atoms with Crippen LogP contribution < -0.4 is 10.1 Å². The Kier molecular flexibility index (Phi) is 5.44. The van der Waals surface area contributed by atoms with Gasteiger partial charge >= 0.3 is 0 Å². The third-order valence-electron chi connectivity index (χ3n) is 2.75. The number of rotatable bonds is 6. The van der Waals surface area contributed by atoms with Crippen molar-refractivity contribution < 1.29 is 13.9 Å². The average molecular weight is 317 g/mol. The van der Waals surface area contributed by atoms with Crippen molar-refractivity contribution in [2.24, 2.45) is 0 Å². The van der Waals surface area contributed by atoms with Gasteiger partial charge in [0.15, 0.2) is 0 Å². The van der Waals surface area contributed by atoms with E-state index in [4.69, 9.17) is 15.6 Å². The molecule has 2 aromatic rings. The van der Waals surface area contributed by atoms with Crippen molar-refractivity contribution >= 4 is 17.7 Å². The molecule has 2 rings (SSSR count). The van der Waals surface area contributed by atoms with Crippen LogP contribution in [0.15, 0.2) is 33.9 Å². The molecule has 0 fully saturated rings. The van der Waals surface area contributed by atoms with Crippen LogP contribution in [0.3, 0.4) is 0 Å². The highest BCUT2D eigenvalue weighted by atomic mass is 32.2. The van der Waals surface area contributed by atoms with Crippen molar-refractivity contribution in [3.63, 3.8) is 0 Å². The maximum absolute atomic E-state index is 11.7. The van der Waals surface area contributed by atoms with E-state index < -0.39 is 0 Å². The predicted octanol–water partition coefficient (Wildman–Crippen LogP) is 1.98. The number of nitrogens with one attached hydrogen (secondary N) is 1. The molecule has 0 aliphatic rings. The van der Waals surface area contributed by atoms with E-state index in [0.717, 1.165) is 11.3 Å². The van der Waals surface area contributed by atoms with Crippen molar-refractivity contribution in [3.8, 4) is 29.5 Å². The fourth-order valence-corrected chi connectivity index (χ4v) is 2.30. The number of methoxy groups -OCH3 is 1. The molecular formula is C15H15N3O3S. The first kappa shape index (κ1) is 15.9. The van der Waals surface area contributed by atoms with Crippen LogP contribution in [0.5, 0.6) is 5.75 Å². The summed E-state index contributed by atoms with van der Waals surface area (Å²) in [4.78, 5) is 11.7. The molecule has 0 saturated heterocycles. The minimum atomic E-state index is -0.377. The van der Waals surface area contributed by atoms with E-state index in [-0.39, 0.29) is 17.7 Å². The number of amides is 1. The zero-order valence-corrected chi connectivity index (χ0v) is 13.0. The van der Waals surface area contributed by atoms with Crippen LogP contribution in [-0.4, -0.2) is 35.0 Å². The minimum Gasteiger partial charge on any atom is -0.497 e. The number of ether oxygens (including phenoxy) is 1. The van der Waals surface area contributed by atoms with Crippen LogP contribution in [0, 0.1) is 12.3 Å². The SMILES string of the molecule is C#CCNC(=O)C(C)Sc1nnc(-c2ccc(OC)cc2)o1. The Morgan fingerprint density at radius 1 is 1.45 bits per heavy atom. The summed E-state index contributed by atoms with van der Waals surface area (Å²) in [5.41, 5.74) is 0.782. The molecule has 1 amide bonds. The van der Waals surface area contributed by atoms with Gasteiger partial charge in [0, 0.05) is 5.56 Å². The van der Waals surface area contributed by atoms with Gasteiger partial charge in [-0.25, -0.2) is 0 Å². The molecule has 0 bridgehead atoms. The van der Waals surface area contributed by atoms with Crippen molar-refractivity contribution in [1.82, 2.24) is 15.5 Å². The molecule has 1 aromatic heterocycles. The number of hydrogen-bond acceptors (Lipinski definition) is 6. The third kappa shape index (κ3) is 4.02. The lowest BCUT2D eigenvalue weighted by Gasteiger charge is -2.06. The molecule has 0 aliphatic carbocycles. The summed E-state index contributed by atoms with van der Waals surface area (Å²) in [6.45, 7) is 1.94. The highest BCUT2D eigenvalue weighted by Crippen LogP contribution is 2.27. The summed E-state index contributed by atoms with van der Waals surface area (Å²) in [7, 11) is 1.60. The fraction of sp³-hybridized carbons (Fsp3) is 0.267. The van der Waals surface area contributed by atoms with E-state index in [1.807, 2.05) is 24.3 Å². The van der Waals surface area contributed by atoms with Crippen LogP contribution in [0.25, 0.3) is 11.5 Å². The van der Waals surface area contributed by atoms with Gasteiger partial charge in [0.05, 0.1) is 18.9 Å². The average Bonchev–Trinajstić information content (AvgIpc) is 3.01. The standard InChI is InChI=1S/C15H15N3O3S/c1-4-9-16-13(19)10(2)22-15-18-17-14(21-15)11-5-7-12(20-3)8-6-11/h1,5-8,10H,9H2,2-3H3,(H,16,19). The lowest BCUT2D eigenvalue weighted by atomic mass is 10.2. The molecule has 6 nitrogen and oxygen atoms in total. The van der Waals surface area contributed by atoms with E-state index in [0.29, 0.717) is 11.1 Å². The van der Waals surface area contributed by atoms with Crippen LogP contribution in [-0.2, 0) is 4.79 Å². The first-order valence-corrected chi connectivity index (χ1v) is 7.37. The highest BCUT2D eigenvalue weighted by molar-refractivity contribution is 8.00. The van der Waals surface area contributed by atoms with Gasteiger partial charge in [-0.1, -0.05) is 17.7 Å². The van der Waals surface area contributed by atoms with Gasteiger partial charge in [0.1, 0.15) is 5.75 Å². The van der Waals surface area contributed by atoms with Crippen LogP contribution in [0.4, 0.5) is 0 Å². The van der Waals surface area contributed by atoms with Gasteiger partial charge in [0.2, 0.25) is 11.8 Å². The lowest BCUT2D eigenvalue weighted by molar-refractivity contribution is -0.120. The molecule has 0 aliphatic heterocycles. The highest BCUT2D eigenvalue weighted by Gasteiger charge is 2.18. The Labute approximate surface area is 132 Å². The maximum Gasteiger partial charge on any atom is 0.277 e. The van der Waals surface area contributed by atoms with E-state index in [9.17, 15) is 4.79 Å². The molecule has 0 saturated carbocycles. The Morgan fingerprint density at radius 3 is 2.82 bits per heavy atom. The van der Waals surface area contributed by atoms with E-state index in [1.165, 1.54) is 11.8 Å². The van der Waals surface area contributed by atoms with Gasteiger partial charge in [-0.05, 0) is 31.2 Å². The summed E-state index contributed by atoms with van der Waals surface area (Å²) in [5, 5.41) is 10.5. The van der Waals surface area contributed by atoms with Crippen molar-refractivity contribution in [2.75, 3.05) is 13.7 Å². The van der Waals surface area contributed by atoms with Gasteiger partial charge in [-0.2, -0.15) is 0 Å². The summed E-state index contributed by atoms with van der Waals surface area (Å²) < 4.78 is 10.6. The normalized spacial score (nSPS) is 11.5. The number of carbonyl (C=O) groups is 1. The molecule has 0 radical (unpaired) electrons. The third-order valence-corrected chi connectivity index (χ3v) is 3.69. The van der Waals surface area contributed by atoms with Gasteiger partial charge < -0.3 is 14.5 Å². The number of nitrogens with zero attached hydrogens (tertiary/aromatic N) is 2. The second kappa shape index (κ2) is 7.52. The Bertz CT molecular complexity index is 676. The molecule has 1 N–H and O–H groups in total. The fourth-order valence-electron chi connectivity index (χ4n) is 1.59. The molecule has 1 aromatic carbocycles. The molecule has 1 atom stereocenters. The minimum absolute atomic E-state index is 0.174. The molecule has 1 unspecified atom stereocenters. The van der Waals surface area contributed by atoms with E-state index >= 15 is 0 Å². The first-order valence-electron chi connectivity index (χ1n) is 6.49. The summed E-state index contributed by atoms with van der Waals surface area (Å²) in [6.07, 6.45) is 5.10. The van der Waals surface area contributed by atoms with E-state index in [2.05, 4.69) is 21.4 Å². The van der Waals surface area contributed by atoms with Crippen LogP contribution in [0.1, 0.15) is 6.92 Å². The summed E-state index contributed by atoms with van der Waals surface area (Å²) >= 11 is 1.18. The van der Waals surface area contributed by atoms with Gasteiger partial charge in [0.25, 0.3) is 5.22 Å². The molecule has 7 heteroatoms. The quantitative estimate of drug-likeness (QED) is 0.648. The Morgan fingerprint density at radius 2 is 2.18 bits per heavy atom. The zero-order valence-electron chi connectivity index (χ0n) is 12.2. The summed E-state index contributed by atoms with van der Waals surface area (Å²) in [5.74, 6) is 3.31. The second-order valence-electron chi connectivity index (χ2n) is 4.28. The Balaban J connectivity index is 2.01. The predicted molar refractivity (Wildman–Crippen MR) is 83.4 cm³/mol. The zero-order chi connectivity index (χ0) is 15.9. The number of benzene rings is 1. The number of terminal acetylenes is 1. The number of carbonyl (C=O) groups excluding carboxylic acids is 1. The molecule has 0 spiro atoms. The topological polar surface area (TPSA) is 77.2 Å². The number of hydrogen-bond donors (Lipinski definition) is 1. The first-order chi connectivity index (χ1) is 10.6. The van der Waals surface area contributed by atoms with Crippen molar-refractivity contribution in [3.05, 3.63) is 24.3 Å². The van der Waals surface area contributed by atoms with Crippen LogP contribution in [0.2, 0.25) is 0 Å². The lowest BCUT2D eigenvalue weighted by Crippen LogP contribution is -2.31. The van der Waals surface area contributed by atoms with Gasteiger partial charge in [-0.15, -0.1) is 16.6 Å². The van der Waals surface area contributed by atoms with Crippen molar-refractivity contribution in [1.29, 1.82) is 0 Å². The van der Waals surface area contributed by atoms with Gasteiger partial charge in [-0.3, -0.25) is 4.79 Å². The number of thioether (sulfide) groups is 1.